The average molecular weight is 296 g/mol. The second-order valence-corrected chi connectivity index (χ2v) is 4.80. The summed E-state index contributed by atoms with van der Waals surface area (Å²) >= 11 is 6.17. The van der Waals surface area contributed by atoms with E-state index in [0.717, 1.165) is 10.8 Å². The van der Waals surface area contributed by atoms with Gasteiger partial charge in [-0.15, -0.1) is 0 Å². The third kappa shape index (κ3) is 2.47. The van der Waals surface area contributed by atoms with Gasteiger partial charge in [-0.2, -0.15) is 5.26 Å². The summed E-state index contributed by atoms with van der Waals surface area (Å²) in [6.07, 6.45) is 0. The standard InChI is InChI=1S/C16H10ClN3O/c17-12-5-7-15(11-4-2-1-3-10(11)12)21-16-8-6-13(19)14(9-18)20-16/h1-8H,19H2. The number of nitrogens with two attached hydrogens (primary N) is 1. The number of benzene rings is 2. The van der Waals surface area contributed by atoms with E-state index in [0.29, 0.717) is 22.3 Å². The van der Waals surface area contributed by atoms with E-state index in [1.165, 1.54) is 0 Å². The van der Waals surface area contributed by atoms with Crippen molar-refractivity contribution < 1.29 is 4.74 Å². The third-order valence-electron chi connectivity index (χ3n) is 3.05. The van der Waals surface area contributed by atoms with Gasteiger partial charge in [-0.05, 0) is 18.2 Å². The van der Waals surface area contributed by atoms with Gasteiger partial charge in [0.2, 0.25) is 5.88 Å². The number of aromatic nitrogens is 1. The lowest BCUT2D eigenvalue weighted by Crippen LogP contribution is -1.96. The van der Waals surface area contributed by atoms with Gasteiger partial charge in [0.1, 0.15) is 11.8 Å². The maximum absolute atomic E-state index is 8.95. The molecule has 0 radical (unpaired) electrons. The van der Waals surface area contributed by atoms with E-state index in [-0.39, 0.29) is 5.69 Å². The monoisotopic (exact) mass is 295 g/mol. The van der Waals surface area contributed by atoms with Crippen LogP contribution in [0, 0.1) is 11.3 Å². The summed E-state index contributed by atoms with van der Waals surface area (Å²) < 4.78 is 5.77. The second kappa shape index (κ2) is 5.31. The Morgan fingerprint density at radius 2 is 1.81 bits per heavy atom. The fourth-order valence-electron chi connectivity index (χ4n) is 2.03. The molecule has 0 fully saturated rings. The molecule has 3 aromatic rings. The smallest absolute Gasteiger partial charge is 0.220 e. The molecule has 0 bridgehead atoms. The fraction of sp³-hybridized carbons (Fsp3) is 0. The normalized spacial score (nSPS) is 10.3. The first kappa shape index (κ1) is 13.2. The quantitative estimate of drug-likeness (QED) is 0.771. The maximum atomic E-state index is 8.95. The molecule has 0 aliphatic rings. The summed E-state index contributed by atoms with van der Waals surface area (Å²) in [6, 6.07) is 16.3. The Balaban J connectivity index is 2.07. The molecule has 21 heavy (non-hydrogen) atoms. The maximum Gasteiger partial charge on any atom is 0.220 e. The first-order valence-electron chi connectivity index (χ1n) is 6.21. The lowest BCUT2D eigenvalue weighted by atomic mass is 10.1. The molecule has 0 aliphatic heterocycles. The van der Waals surface area contributed by atoms with Crippen LogP contribution in [0.4, 0.5) is 5.69 Å². The molecule has 0 unspecified atom stereocenters. The summed E-state index contributed by atoms with van der Waals surface area (Å²) in [5.41, 5.74) is 6.11. The highest BCUT2D eigenvalue weighted by molar-refractivity contribution is 6.35. The minimum atomic E-state index is 0.144. The largest absolute Gasteiger partial charge is 0.438 e. The van der Waals surface area contributed by atoms with Crippen LogP contribution in [0.2, 0.25) is 5.02 Å². The Bertz CT molecular complexity index is 871. The number of anilines is 1. The van der Waals surface area contributed by atoms with Crippen LogP contribution in [0.5, 0.6) is 11.6 Å². The van der Waals surface area contributed by atoms with Crippen molar-refractivity contribution in [1.82, 2.24) is 4.98 Å². The number of halogens is 1. The molecule has 5 heteroatoms. The molecule has 0 aliphatic carbocycles. The molecule has 1 aromatic heterocycles. The predicted octanol–water partition coefficient (Wildman–Crippen LogP) is 4.13. The molecule has 3 rings (SSSR count). The lowest BCUT2D eigenvalue weighted by Gasteiger charge is -2.09. The lowest BCUT2D eigenvalue weighted by molar-refractivity contribution is 0.468. The molecule has 0 saturated heterocycles. The van der Waals surface area contributed by atoms with Crippen LogP contribution in [0.3, 0.4) is 0 Å². The number of pyridine rings is 1. The number of rotatable bonds is 2. The summed E-state index contributed by atoms with van der Waals surface area (Å²) in [4.78, 5) is 4.07. The first-order chi connectivity index (χ1) is 10.2. The first-order valence-corrected chi connectivity index (χ1v) is 6.58. The Morgan fingerprint density at radius 3 is 2.57 bits per heavy atom. The number of nitriles is 1. The highest BCUT2D eigenvalue weighted by Gasteiger charge is 2.08. The molecular weight excluding hydrogens is 286 g/mol. The Hall–Kier alpha value is -2.77. The van der Waals surface area contributed by atoms with Gasteiger partial charge in [-0.25, -0.2) is 4.98 Å². The number of fused-ring (bicyclic) bond motifs is 1. The number of nitrogen functional groups attached to an aromatic ring is 1. The molecule has 1 heterocycles. The molecular formula is C16H10ClN3O. The van der Waals surface area contributed by atoms with Gasteiger partial charge in [0.25, 0.3) is 0 Å². The van der Waals surface area contributed by atoms with Gasteiger partial charge in [0, 0.05) is 21.9 Å². The van der Waals surface area contributed by atoms with Crippen LogP contribution < -0.4 is 10.5 Å². The van der Waals surface area contributed by atoms with E-state index < -0.39 is 0 Å². The van der Waals surface area contributed by atoms with Crippen LogP contribution in [-0.2, 0) is 0 Å². The molecule has 0 saturated carbocycles. The van der Waals surface area contributed by atoms with E-state index >= 15 is 0 Å². The number of ether oxygens (including phenoxy) is 1. The average Bonchev–Trinajstić information content (AvgIpc) is 2.52. The van der Waals surface area contributed by atoms with Gasteiger partial charge < -0.3 is 10.5 Å². The molecule has 4 nitrogen and oxygen atoms in total. The third-order valence-corrected chi connectivity index (χ3v) is 3.38. The van der Waals surface area contributed by atoms with Crippen LogP contribution in [0.15, 0.2) is 48.5 Å². The van der Waals surface area contributed by atoms with Gasteiger partial charge >= 0.3 is 0 Å². The SMILES string of the molecule is N#Cc1nc(Oc2ccc(Cl)c3ccccc23)ccc1N. The minimum absolute atomic E-state index is 0.144. The number of hydrogen-bond acceptors (Lipinski definition) is 4. The zero-order chi connectivity index (χ0) is 14.8. The number of nitrogens with zero attached hydrogens (tertiary/aromatic N) is 2. The van der Waals surface area contributed by atoms with Crippen LogP contribution in [0.25, 0.3) is 10.8 Å². The zero-order valence-corrected chi connectivity index (χ0v) is 11.6. The Morgan fingerprint density at radius 1 is 1.05 bits per heavy atom. The van der Waals surface area contributed by atoms with Gasteiger partial charge in [0.15, 0.2) is 5.69 Å². The minimum Gasteiger partial charge on any atom is -0.438 e. The van der Waals surface area contributed by atoms with E-state index in [2.05, 4.69) is 4.98 Å². The highest BCUT2D eigenvalue weighted by Crippen LogP contribution is 2.33. The topological polar surface area (TPSA) is 71.9 Å². The van der Waals surface area contributed by atoms with Crippen molar-refractivity contribution >= 4 is 28.1 Å². The second-order valence-electron chi connectivity index (χ2n) is 4.39. The van der Waals surface area contributed by atoms with Crippen molar-refractivity contribution in [2.45, 2.75) is 0 Å². The van der Waals surface area contributed by atoms with Crippen molar-refractivity contribution in [2.24, 2.45) is 0 Å². The summed E-state index contributed by atoms with van der Waals surface area (Å²) in [7, 11) is 0. The summed E-state index contributed by atoms with van der Waals surface area (Å²) in [5.74, 6) is 0.935. The number of hydrogen-bond donors (Lipinski definition) is 1. The summed E-state index contributed by atoms with van der Waals surface area (Å²) in [6.45, 7) is 0. The molecule has 0 atom stereocenters. The van der Waals surface area contributed by atoms with Crippen molar-refractivity contribution in [2.75, 3.05) is 5.73 Å². The van der Waals surface area contributed by atoms with E-state index in [1.54, 1.807) is 24.3 Å². The van der Waals surface area contributed by atoms with Crippen molar-refractivity contribution in [3.63, 3.8) is 0 Å². The van der Waals surface area contributed by atoms with Crippen LogP contribution in [0.1, 0.15) is 5.69 Å². The van der Waals surface area contributed by atoms with Crippen molar-refractivity contribution in [1.29, 1.82) is 5.26 Å². The van der Waals surface area contributed by atoms with Crippen LogP contribution in [-0.4, -0.2) is 4.98 Å². The zero-order valence-electron chi connectivity index (χ0n) is 10.9. The summed E-state index contributed by atoms with van der Waals surface area (Å²) in [5, 5.41) is 11.4. The molecule has 2 N–H and O–H groups in total. The van der Waals surface area contributed by atoms with E-state index in [1.807, 2.05) is 30.3 Å². The van der Waals surface area contributed by atoms with E-state index in [9.17, 15) is 0 Å². The van der Waals surface area contributed by atoms with Gasteiger partial charge in [-0.1, -0.05) is 35.9 Å². The van der Waals surface area contributed by atoms with Crippen molar-refractivity contribution in [3.8, 4) is 17.7 Å². The highest BCUT2D eigenvalue weighted by atomic mass is 35.5. The van der Waals surface area contributed by atoms with Crippen molar-refractivity contribution in [3.05, 3.63) is 59.2 Å². The van der Waals surface area contributed by atoms with Crippen LogP contribution >= 0.6 is 11.6 Å². The Labute approximate surface area is 126 Å². The van der Waals surface area contributed by atoms with Gasteiger partial charge in [-0.3, -0.25) is 0 Å². The predicted molar refractivity (Wildman–Crippen MR) is 82.4 cm³/mol. The molecule has 0 spiro atoms. The fourth-order valence-corrected chi connectivity index (χ4v) is 2.26. The molecule has 102 valence electrons. The Kier molecular flexibility index (Phi) is 3.35. The van der Waals surface area contributed by atoms with E-state index in [4.69, 9.17) is 27.3 Å². The molecule has 0 amide bonds. The molecule has 2 aromatic carbocycles. The van der Waals surface area contributed by atoms with Gasteiger partial charge in [0.05, 0.1) is 5.69 Å².